The van der Waals surface area contributed by atoms with E-state index in [2.05, 4.69) is 35.6 Å². The Labute approximate surface area is 108 Å². The molecule has 3 rings (SSSR count). The first-order valence-electron chi connectivity index (χ1n) is 6.49. The molecule has 92 valence electrons. The SMILES string of the molecule is Nc1cccc(-c2ccc(C3CCNC3)cc2)c1. The largest absolute Gasteiger partial charge is 0.399 e. The van der Waals surface area contributed by atoms with Gasteiger partial charge in [0.2, 0.25) is 0 Å². The highest BCUT2D eigenvalue weighted by Gasteiger charge is 2.16. The van der Waals surface area contributed by atoms with Crippen molar-refractivity contribution in [3.8, 4) is 11.1 Å². The van der Waals surface area contributed by atoms with Crippen molar-refractivity contribution in [1.29, 1.82) is 0 Å². The second kappa shape index (κ2) is 4.83. The lowest BCUT2D eigenvalue weighted by molar-refractivity contribution is 0.763. The molecule has 1 aliphatic rings. The number of hydrogen-bond donors (Lipinski definition) is 2. The van der Waals surface area contributed by atoms with Crippen LogP contribution in [0.15, 0.2) is 48.5 Å². The van der Waals surface area contributed by atoms with Crippen LogP contribution < -0.4 is 11.1 Å². The molecule has 0 amide bonds. The first-order chi connectivity index (χ1) is 8.83. The van der Waals surface area contributed by atoms with Crippen LogP contribution in [0, 0.1) is 0 Å². The molecule has 1 atom stereocenters. The van der Waals surface area contributed by atoms with Crippen LogP contribution in [-0.4, -0.2) is 13.1 Å². The lowest BCUT2D eigenvalue weighted by atomic mass is 9.95. The predicted octanol–water partition coefficient (Wildman–Crippen LogP) is 3.01. The average Bonchev–Trinajstić information content (AvgIpc) is 2.93. The smallest absolute Gasteiger partial charge is 0.0320 e. The first kappa shape index (κ1) is 11.3. The Kier molecular flexibility index (Phi) is 3.03. The van der Waals surface area contributed by atoms with Crippen molar-refractivity contribution in [3.63, 3.8) is 0 Å². The monoisotopic (exact) mass is 238 g/mol. The Hall–Kier alpha value is -1.80. The van der Waals surface area contributed by atoms with Crippen molar-refractivity contribution in [1.82, 2.24) is 5.32 Å². The molecular weight excluding hydrogens is 220 g/mol. The highest BCUT2D eigenvalue weighted by Crippen LogP contribution is 2.26. The molecule has 2 aromatic carbocycles. The third-order valence-corrected chi connectivity index (χ3v) is 3.66. The molecule has 0 spiro atoms. The summed E-state index contributed by atoms with van der Waals surface area (Å²) in [5, 5.41) is 3.41. The van der Waals surface area contributed by atoms with Crippen LogP contribution in [0.3, 0.4) is 0 Å². The standard InChI is InChI=1S/C16H18N2/c17-16-3-1-2-14(10-16)12-4-6-13(7-5-12)15-8-9-18-11-15/h1-7,10,15,18H,8-9,11,17H2. The first-order valence-corrected chi connectivity index (χ1v) is 6.49. The van der Waals surface area contributed by atoms with E-state index in [-0.39, 0.29) is 0 Å². The van der Waals surface area contributed by atoms with Crippen LogP contribution in [0.4, 0.5) is 5.69 Å². The molecule has 1 aliphatic heterocycles. The third kappa shape index (κ3) is 2.24. The van der Waals surface area contributed by atoms with E-state index in [4.69, 9.17) is 5.73 Å². The zero-order chi connectivity index (χ0) is 12.4. The van der Waals surface area contributed by atoms with Crippen molar-refractivity contribution < 1.29 is 0 Å². The Morgan fingerprint density at radius 1 is 1.00 bits per heavy atom. The van der Waals surface area contributed by atoms with Gasteiger partial charge in [-0.15, -0.1) is 0 Å². The Balaban J connectivity index is 1.86. The maximum atomic E-state index is 5.82. The molecular formula is C16H18N2. The molecule has 1 saturated heterocycles. The van der Waals surface area contributed by atoms with E-state index in [1.165, 1.54) is 23.1 Å². The molecule has 2 aromatic rings. The van der Waals surface area contributed by atoms with E-state index in [0.717, 1.165) is 18.8 Å². The highest BCUT2D eigenvalue weighted by molar-refractivity contribution is 5.67. The van der Waals surface area contributed by atoms with Gasteiger partial charge in [-0.05, 0) is 47.7 Å². The van der Waals surface area contributed by atoms with E-state index in [1.807, 2.05) is 18.2 Å². The van der Waals surface area contributed by atoms with Crippen LogP contribution in [0.1, 0.15) is 17.9 Å². The van der Waals surface area contributed by atoms with E-state index >= 15 is 0 Å². The summed E-state index contributed by atoms with van der Waals surface area (Å²) < 4.78 is 0. The highest BCUT2D eigenvalue weighted by atomic mass is 14.9. The summed E-state index contributed by atoms with van der Waals surface area (Å²) in [4.78, 5) is 0. The van der Waals surface area contributed by atoms with E-state index in [0.29, 0.717) is 5.92 Å². The molecule has 2 heteroatoms. The maximum absolute atomic E-state index is 5.82. The van der Waals surface area contributed by atoms with Gasteiger partial charge in [0.25, 0.3) is 0 Å². The number of nitrogen functional groups attached to an aromatic ring is 1. The normalized spacial score (nSPS) is 19.0. The van der Waals surface area contributed by atoms with Crippen LogP contribution in [0.25, 0.3) is 11.1 Å². The summed E-state index contributed by atoms with van der Waals surface area (Å²) in [6.45, 7) is 2.25. The number of anilines is 1. The maximum Gasteiger partial charge on any atom is 0.0320 e. The number of benzene rings is 2. The van der Waals surface area contributed by atoms with E-state index in [9.17, 15) is 0 Å². The minimum atomic E-state index is 0.680. The van der Waals surface area contributed by atoms with Crippen molar-refractivity contribution in [3.05, 3.63) is 54.1 Å². The lowest BCUT2D eigenvalue weighted by Crippen LogP contribution is -2.07. The van der Waals surface area contributed by atoms with Gasteiger partial charge < -0.3 is 11.1 Å². The van der Waals surface area contributed by atoms with Gasteiger partial charge >= 0.3 is 0 Å². The van der Waals surface area contributed by atoms with Crippen LogP contribution in [0.5, 0.6) is 0 Å². The minimum absolute atomic E-state index is 0.680. The van der Waals surface area contributed by atoms with Crippen molar-refractivity contribution in [2.75, 3.05) is 18.8 Å². The lowest BCUT2D eigenvalue weighted by Gasteiger charge is -2.10. The fourth-order valence-electron chi connectivity index (χ4n) is 2.61. The fraction of sp³-hybridized carbons (Fsp3) is 0.250. The second-order valence-corrected chi connectivity index (χ2v) is 4.94. The summed E-state index contributed by atoms with van der Waals surface area (Å²) in [7, 11) is 0. The zero-order valence-electron chi connectivity index (χ0n) is 10.4. The molecule has 1 unspecified atom stereocenters. The number of nitrogens with one attached hydrogen (secondary N) is 1. The number of rotatable bonds is 2. The molecule has 0 bridgehead atoms. The van der Waals surface area contributed by atoms with Gasteiger partial charge in [0.05, 0.1) is 0 Å². The summed E-state index contributed by atoms with van der Waals surface area (Å²) >= 11 is 0. The van der Waals surface area contributed by atoms with Crippen LogP contribution in [-0.2, 0) is 0 Å². The topological polar surface area (TPSA) is 38.0 Å². The molecule has 1 fully saturated rings. The van der Waals surface area contributed by atoms with Gasteiger partial charge in [0.15, 0.2) is 0 Å². The van der Waals surface area contributed by atoms with Crippen molar-refractivity contribution >= 4 is 5.69 Å². The van der Waals surface area contributed by atoms with Gasteiger partial charge in [0.1, 0.15) is 0 Å². The van der Waals surface area contributed by atoms with Gasteiger partial charge in [-0.2, -0.15) is 0 Å². The molecule has 0 radical (unpaired) electrons. The van der Waals surface area contributed by atoms with Gasteiger partial charge in [-0.1, -0.05) is 36.4 Å². The summed E-state index contributed by atoms with van der Waals surface area (Å²) in [5.41, 5.74) is 10.5. The summed E-state index contributed by atoms with van der Waals surface area (Å²) in [5.74, 6) is 0.680. The second-order valence-electron chi connectivity index (χ2n) is 4.94. The van der Waals surface area contributed by atoms with Crippen molar-refractivity contribution in [2.45, 2.75) is 12.3 Å². The van der Waals surface area contributed by atoms with E-state index < -0.39 is 0 Å². The van der Waals surface area contributed by atoms with E-state index in [1.54, 1.807) is 0 Å². The average molecular weight is 238 g/mol. The Bertz CT molecular complexity index is 525. The Morgan fingerprint density at radius 3 is 2.50 bits per heavy atom. The van der Waals surface area contributed by atoms with Gasteiger partial charge in [0, 0.05) is 12.2 Å². The predicted molar refractivity (Wildman–Crippen MR) is 76.5 cm³/mol. The molecule has 3 N–H and O–H groups in total. The molecule has 0 aromatic heterocycles. The fourth-order valence-corrected chi connectivity index (χ4v) is 2.61. The van der Waals surface area contributed by atoms with Gasteiger partial charge in [-0.3, -0.25) is 0 Å². The van der Waals surface area contributed by atoms with Crippen LogP contribution in [0.2, 0.25) is 0 Å². The summed E-state index contributed by atoms with van der Waals surface area (Å²) in [6, 6.07) is 16.9. The molecule has 0 saturated carbocycles. The molecule has 18 heavy (non-hydrogen) atoms. The third-order valence-electron chi connectivity index (χ3n) is 3.66. The molecule has 2 nitrogen and oxygen atoms in total. The van der Waals surface area contributed by atoms with Crippen molar-refractivity contribution in [2.24, 2.45) is 0 Å². The van der Waals surface area contributed by atoms with Gasteiger partial charge in [-0.25, -0.2) is 0 Å². The molecule has 0 aliphatic carbocycles. The number of nitrogens with two attached hydrogens (primary N) is 1. The minimum Gasteiger partial charge on any atom is -0.399 e. The number of hydrogen-bond acceptors (Lipinski definition) is 2. The zero-order valence-corrected chi connectivity index (χ0v) is 10.4. The van der Waals surface area contributed by atoms with Crippen LogP contribution >= 0.6 is 0 Å². The summed E-state index contributed by atoms with van der Waals surface area (Å²) in [6.07, 6.45) is 1.25. The quantitative estimate of drug-likeness (QED) is 0.789. The molecule has 1 heterocycles. The Morgan fingerprint density at radius 2 is 1.83 bits per heavy atom.